The predicted octanol–water partition coefficient (Wildman–Crippen LogP) is 4.76. The number of hydrogen-bond acceptors (Lipinski definition) is 4. The van der Waals surface area contributed by atoms with Crippen LogP contribution in [0, 0.1) is 11.3 Å². The molecule has 0 unspecified atom stereocenters. The van der Waals surface area contributed by atoms with Crippen molar-refractivity contribution in [1.29, 1.82) is 5.26 Å². The van der Waals surface area contributed by atoms with Crippen molar-refractivity contribution in [3.63, 3.8) is 0 Å². The molecule has 32 heavy (non-hydrogen) atoms. The van der Waals surface area contributed by atoms with E-state index < -0.39 is 11.8 Å². The highest BCUT2D eigenvalue weighted by Gasteiger charge is 2.26. The van der Waals surface area contributed by atoms with E-state index in [0.29, 0.717) is 15.4 Å². The lowest BCUT2D eigenvalue weighted by Gasteiger charge is -2.25. The highest BCUT2D eigenvalue weighted by Crippen LogP contribution is 2.34. The van der Waals surface area contributed by atoms with E-state index in [1.54, 1.807) is 37.4 Å². The molecule has 1 atom stereocenters. The molecule has 3 aromatic rings. The van der Waals surface area contributed by atoms with Crippen LogP contribution in [0.15, 0.2) is 48.5 Å². The Morgan fingerprint density at radius 1 is 1.16 bits per heavy atom. The average Bonchev–Trinajstić information content (AvgIpc) is 2.78. The van der Waals surface area contributed by atoms with Crippen LogP contribution in [0.3, 0.4) is 0 Å². The number of carbonyl (C=O) groups is 2. The summed E-state index contributed by atoms with van der Waals surface area (Å²) in [6.07, 6.45) is 0.0195. The number of halogens is 2. The first-order chi connectivity index (χ1) is 15.3. The first-order valence-corrected chi connectivity index (χ1v) is 10.5. The maximum absolute atomic E-state index is 13.6. The molecular formula is C24H21Cl2N3O3. The molecule has 0 fully saturated rings. The van der Waals surface area contributed by atoms with Crippen molar-refractivity contribution in [3.8, 4) is 11.8 Å². The van der Waals surface area contributed by atoms with E-state index in [0.717, 1.165) is 10.9 Å². The molecule has 0 aromatic heterocycles. The molecule has 0 heterocycles. The number of hydrogen-bond donors (Lipinski definition) is 1. The van der Waals surface area contributed by atoms with Crippen molar-refractivity contribution in [2.45, 2.75) is 12.3 Å². The molecule has 2 N–H and O–H groups in total. The second kappa shape index (κ2) is 9.90. The fourth-order valence-corrected chi connectivity index (χ4v) is 4.04. The summed E-state index contributed by atoms with van der Waals surface area (Å²) in [6, 6.07) is 16.1. The third-order valence-corrected chi connectivity index (χ3v) is 5.98. The number of amides is 2. The number of nitriles is 1. The number of likely N-dealkylation sites (N-methyl/N-ethyl adjacent to an activating group) is 1. The molecule has 0 aliphatic carbocycles. The van der Waals surface area contributed by atoms with E-state index in [1.807, 2.05) is 18.2 Å². The van der Waals surface area contributed by atoms with Gasteiger partial charge in [-0.25, -0.2) is 0 Å². The smallest absolute Gasteiger partial charge is 0.258 e. The van der Waals surface area contributed by atoms with Gasteiger partial charge in [-0.1, -0.05) is 53.5 Å². The van der Waals surface area contributed by atoms with E-state index in [9.17, 15) is 14.9 Å². The Morgan fingerprint density at radius 2 is 1.88 bits per heavy atom. The molecule has 0 radical (unpaired) electrons. The maximum Gasteiger partial charge on any atom is 0.258 e. The minimum atomic E-state index is -0.503. The summed E-state index contributed by atoms with van der Waals surface area (Å²) in [7, 11) is 3.05. The quantitative estimate of drug-likeness (QED) is 0.539. The number of primary amides is 1. The number of rotatable bonds is 7. The molecule has 0 bridgehead atoms. The van der Waals surface area contributed by atoms with Gasteiger partial charge in [0, 0.05) is 25.9 Å². The summed E-state index contributed by atoms with van der Waals surface area (Å²) >= 11 is 12.2. The second-order valence-corrected chi connectivity index (χ2v) is 8.21. The normalized spacial score (nSPS) is 11.6. The molecule has 0 aliphatic heterocycles. The number of nitrogens with two attached hydrogens (primary N) is 1. The summed E-state index contributed by atoms with van der Waals surface area (Å²) in [4.78, 5) is 26.8. The zero-order valence-corrected chi connectivity index (χ0v) is 19.1. The van der Waals surface area contributed by atoms with Crippen molar-refractivity contribution in [3.05, 3.63) is 75.3 Å². The van der Waals surface area contributed by atoms with Crippen molar-refractivity contribution in [2.24, 2.45) is 5.73 Å². The van der Waals surface area contributed by atoms with Crippen LogP contribution in [-0.4, -0.2) is 37.4 Å². The number of methoxy groups -OCH3 is 1. The minimum absolute atomic E-state index is 0.0195. The first kappa shape index (κ1) is 23.4. The fraction of sp³-hybridized carbons (Fsp3) is 0.208. The summed E-state index contributed by atoms with van der Waals surface area (Å²) in [5.41, 5.74) is 6.75. The minimum Gasteiger partial charge on any atom is -0.495 e. The predicted molar refractivity (Wildman–Crippen MR) is 125 cm³/mol. The monoisotopic (exact) mass is 469 g/mol. The van der Waals surface area contributed by atoms with Gasteiger partial charge in [0.2, 0.25) is 5.91 Å². The lowest BCUT2D eigenvalue weighted by molar-refractivity contribution is -0.118. The van der Waals surface area contributed by atoms with Crippen LogP contribution in [0.25, 0.3) is 10.8 Å². The molecule has 3 rings (SSSR count). The Hall–Kier alpha value is -3.27. The number of nitrogens with zero attached hydrogens (tertiary/aromatic N) is 2. The highest BCUT2D eigenvalue weighted by molar-refractivity contribution is 6.42. The van der Waals surface area contributed by atoms with Crippen molar-refractivity contribution in [2.75, 3.05) is 20.7 Å². The van der Waals surface area contributed by atoms with Gasteiger partial charge in [-0.15, -0.1) is 0 Å². The zero-order chi connectivity index (χ0) is 23.4. The molecular weight excluding hydrogens is 449 g/mol. The average molecular weight is 470 g/mol. The Labute approximate surface area is 196 Å². The van der Waals surface area contributed by atoms with E-state index in [2.05, 4.69) is 6.07 Å². The van der Waals surface area contributed by atoms with Gasteiger partial charge in [0.15, 0.2) is 0 Å². The third-order valence-electron chi connectivity index (χ3n) is 5.24. The van der Waals surface area contributed by atoms with E-state index in [4.69, 9.17) is 33.7 Å². The number of ether oxygens (including phenoxy) is 1. The maximum atomic E-state index is 13.6. The van der Waals surface area contributed by atoms with Gasteiger partial charge in [-0.3, -0.25) is 9.59 Å². The van der Waals surface area contributed by atoms with Crippen LogP contribution in [0.2, 0.25) is 10.0 Å². The summed E-state index contributed by atoms with van der Waals surface area (Å²) in [5, 5.41) is 11.7. The summed E-state index contributed by atoms with van der Waals surface area (Å²) in [5.74, 6) is -1.03. The van der Waals surface area contributed by atoms with E-state index >= 15 is 0 Å². The van der Waals surface area contributed by atoms with Gasteiger partial charge >= 0.3 is 0 Å². The SMILES string of the molecule is COc1c(C#N)cc2ccccc2c1C(=O)N(C)C[C@@H](CC(N)=O)c1ccc(Cl)c(Cl)c1. The third kappa shape index (κ3) is 4.80. The van der Waals surface area contributed by atoms with Gasteiger partial charge in [-0.05, 0) is 34.5 Å². The first-order valence-electron chi connectivity index (χ1n) is 9.75. The molecule has 164 valence electrons. The largest absolute Gasteiger partial charge is 0.495 e. The lowest BCUT2D eigenvalue weighted by atomic mass is 9.94. The number of benzene rings is 3. The number of carbonyl (C=O) groups excluding carboxylic acids is 2. The lowest BCUT2D eigenvalue weighted by Crippen LogP contribution is -2.33. The fourth-order valence-electron chi connectivity index (χ4n) is 3.74. The van der Waals surface area contributed by atoms with Crippen LogP contribution in [0.4, 0.5) is 0 Å². The van der Waals surface area contributed by atoms with Gasteiger partial charge in [0.05, 0.1) is 28.3 Å². The van der Waals surface area contributed by atoms with Crippen LogP contribution in [0.5, 0.6) is 5.75 Å². The molecule has 0 saturated carbocycles. The van der Waals surface area contributed by atoms with Crippen molar-refractivity contribution in [1.82, 2.24) is 4.90 Å². The molecule has 6 nitrogen and oxygen atoms in total. The van der Waals surface area contributed by atoms with Gasteiger partial charge in [0.25, 0.3) is 5.91 Å². The molecule has 0 spiro atoms. The van der Waals surface area contributed by atoms with Crippen LogP contribution < -0.4 is 10.5 Å². The standard InChI is InChI=1S/C24H21Cl2N3O3/c1-29(13-17(11-21(28)30)14-7-8-19(25)20(26)10-14)24(31)22-18-6-4-3-5-15(18)9-16(12-27)23(22)32-2/h3-10,17H,11,13H2,1-2H3,(H2,28,30)/t17-/m1/s1. The highest BCUT2D eigenvalue weighted by atomic mass is 35.5. The van der Waals surface area contributed by atoms with Crippen LogP contribution in [0.1, 0.15) is 33.8 Å². The van der Waals surface area contributed by atoms with E-state index in [1.165, 1.54) is 12.0 Å². The molecule has 0 saturated heterocycles. The van der Waals surface area contributed by atoms with Gasteiger partial charge < -0.3 is 15.4 Å². The van der Waals surface area contributed by atoms with Crippen molar-refractivity contribution < 1.29 is 14.3 Å². The molecule has 8 heteroatoms. The Bertz CT molecular complexity index is 1240. The number of fused-ring (bicyclic) bond motifs is 1. The van der Waals surface area contributed by atoms with Gasteiger partial charge in [-0.2, -0.15) is 5.26 Å². The van der Waals surface area contributed by atoms with Crippen LogP contribution in [-0.2, 0) is 4.79 Å². The second-order valence-electron chi connectivity index (χ2n) is 7.39. The molecule has 3 aromatic carbocycles. The van der Waals surface area contributed by atoms with Crippen LogP contribution >= 0.6 is 23.2 Å². The Morgan fingerprint density at radius 3 is 2.50 bits per heavy atom. The Kier molecular flexibility index (Phi) is 7.24. The zero-order valence-electron chi connectivity index (χ0n) is 17.6. The Balaban J connectivity index is 2.03. The van der Waals surface area contributed by atoms with E-state index in [-0.39, 0.29) is 35.7 Å². The summed E-state index contributed by atoms with van der Waals surface area (Å²) < 4.78 is 5.45. The molecule has 0 aliphatic rings. The summed E-state index contributed by atoms with van der Waals surface area (Å²) in [6.45, 7) is 0.188. The van der Waals surface area contributed by atoms with Crippen molar-refractivity contribution >= 4 is 45.8 Å². The molecule has 2 amide bonds. The van der Waals surface area contributed by atoms with Gasteiger partial charge in [0.1, 0.15) is 11.8 Å². The topological polar surface area (TPSA) is 96.4 Å².